The molecule has 1 saturated carbocycles. The van der Waals surface area contributed by atoms with E-state index in [1.54, 1.807) is 17.6 Å². The average molecular weight is 527 g/mol. The second-order valence-electron chi connectivity index (χ2n) is 9.65. The van der Waals surface area contributed by atoms with E-state index in [0.717, 1.165) is 31.4 Å². The van der Waals surface area contributed by atoms with Gasteiger partial charge in [-0.1, -0.05) is 0 Å². The Labute approximate surface area is 220 Å². The number of aryl methyl sites for hydroxylation is 1. The van der Waals surface area contributed by atoms with Crippen molar-refractivity contribution in [3.8, 4) is 6.07 Å². The van der Waals surface area contributed by atoms with Crippen LogP contribution in [0.1, 0.15) is 62.2 Å². The normalized spacial score (nSPS) is 22.3. The van der Waals surface area contributed by atoms with Crippen molar-refractivity contribution in [3.05, 3.63) is 35.0 Å². The van der Waals surface area contributed by atoms with Gasteiger partial charge in [-0.2, -0.15) is 10.3 Å². The fraction of sp³-hybridized carbons (Fsp3) is 0.500. The Balaban J connectivity index is 1.72. The fourth-order valence-electron chi connectivity index (χ4n) is 5.04. The Kier molecular flexibility index (Phi) is 8.68. The molecule has 1 aliphatic heterocycles. The maximum atomic E-state index is 14.8. The summed E-state index contributed by atoms with van der Waals surface area (Å²) in [5.74, 6) is -1.42. The van der Waals surface area contributed by atoms with Gasteiger partial charge in [0.15, 0.2) is 17.5 Å². The van der Waals surface area contributed by atoms with Crippen LogP contribution in [0.3, 0.4) is 0 Å². The van der Waals surface area contributed by atoms with E-state index in [0.29, 0.717) is 56.4 Å². The molecule has 2 aromatic rings. The largest absolute Gasteiger partial charge is 0.381 e. The first-order valence-corrected chi connectivity index (χ1v) is 12.7. The Bertz CT molecular complexity index is 1230. The van der Waals surface area contributed by atoms with Crippen LogP contribution in [-0.2, 0) is 9.53 Å². The van der Waals surface area contributed by atoms with E-state index < -0.39 is 17.3 Å². The Hall–Kier alpha value is -3.85. The number of guanidine groups is 1. The average Bonchev–Trinajstić information content (AvgIpc) is 3.04. The molecule has 38 heavy (non-hydrogen) atoms. The summed E-state index contributed by atoms with van der Waals surface area (Å²) in [6.07, 6.45) is 4.96. The number of nitrogens with zero attached hydrogens (tertiary/aromatic N) is 5. The quantitative estimate of drug-likeness (QED) is 0.381. The number of nitrogens with two attached hydrogens (primary N) is 1. The monoisotopic (exact) mass is 526 g/mol. The third kappa shape index (κ3) is 6.16. The first kappa shape index (κ1) is 27.2. The first-order chi connectivity index (χ1) is 18.3. The lowest BCUT2D eigenvalue weighted by Crippen LogP contribution is -2.34. The van der Waals surface area contributed by atoms with Gasteiger partial charge in [0.05, 0.1) is 17.3 Å². The van der Waals surface area contributed by atoms with Crippen LogP contribution in [0.2, 0.25) is 0 Å². The smallest absolute Gasteiger partial charge is 0.224 e. The summed E-state index contributed by atoms with van der Waals surface area (Å²) in [5.41, 5.74) is 5.49. The summed E-state index contributed by atoms with van der Waals surface area (Å²) in [4.78, 5) is 25.1. The second-order valence-corrected chi connectivity index (χ2v) is 9.65. The van der Waals surface area contributed by atoms with E-state index in [9.17, 15) is 13.6 Å². The van der Waals surface area contributed by atoms with Crippen LogP contribution in [0.4, 0.5) is 26.2 Å². The van der Waals surface area contributed by atoms with Gasteiger partial charge in [0.25, 0.3) is 0 Å². The highest BCUT2D eigenvalue weighted by Gasteiger charge is 2.30. The van der Waals surface area contributed by atoms with Gasteiger partial charge in [0.1, 0.15) is 5.69 Å². The molecule has 0 radical (unpaired) electrons. The van der Waals surface area contributed by atoms with Crippen molar-refractivity contribution < 1.29 is 18.3 Å². The zero-order chi connectivity index (χ0) is 27.2. The maximum absolute atomic E-state index is 14.8. The Morgan fingerprint density at radius 1 is 1.21 bits per heavy atom. The number of imidazole rings is 1. The van der Waals surface area contributed by atoms with E-state index in [1.165, 1.54) is 0 Å². The van der Waals surface area contributed by atoms with Crippen LogP contribution in [0.25, 0.3) is 0 Å². The number of benzene rings is 1. The molecule has 1 aromatic carbocycles. The van der Waals surface area contributed by atoms with Gasteiger partial charge in [-0.05, 0) is 70.7 Å². The van der Waals surface area contributed by atoms with Crippen molar-refractivity contribution in [2.24, 2.45) is 21.6 Å². The third-order valence-corrected chi connectivity index (χ3v) is 7.07. The summed E-state index contributed by atoms with van der Waals surface area (Å²) >= 11 is 0. The molecule has 1 saturated heterocycles. The van der Waals surface area contributed by atoms with E-state index in [4.69, 9.17) is 20.7 Å². The van der Waals surface area contributed by atoms with Crippen molar-refractivity contribution in [3.63, 3.8) is 0 Å². The molecule has 1 aromatic heterocycles. The molecule has 12 heteroatoms. The minimum Gasteiger partial charge on any atom is -0.381 e. The number of ether oxygens (including phenoxy) is 1. The summed E-state index contributed by atoms with van der Waals surface area (Å²) < 4.78 is 36.8. The number of hydrogen-bond donors (Lipinski definition) is 3. The van der Waals surface area contributed by atoms with Gasteiger partial charge >= 0.3 is 0 Å². The van der Waals surface area contributed by atoms with Gasteiger partial charge in [-0.3, -0.25) is 9.36 Å². The lowest BCUT2D eigenvalue weighted by molar-refractivity contribution is -0.122. The predicted molar refractivity (Wildman–Crippen MR) is 140 cm³/mol. The molecule has 2 heterocycles. The molecule has 1 amide bonds. The van der Waals surface area contributed by atoms with Crippen LogP contribution < -0.4 is 16.4 Å². The molecule has 2 fully saturated rings. The predicted octanol–water partition coefficient (Wildman–Crippen LogP) is 4.15. The van der Waals surface area contributed by atoms with E-state index in [-0.39, 0.29) is 35.4 Å². The molecule has 1 atom stereocenters. The number of carbonyl (C=O) groups excluding carboxylic acids is 1. The Morgan fingerprint density at radius 2 is 1.92 bits per heavy atom. The maximum Gasteiger partial charge on any atom is 0.224 e. The SMILES string of the molecule is C=N/C(=N\c1c(C)nc(Nc2c(F)cc(C#N)cc2F)n1[C@H]1CC[C@@H](C(N)=O)CC1)NC1CCCOCC1. The molecular formula is C26H32F2N8O2. The lowest BCUT2D eigenvalue weighted by atomic mass is 9.85. The molecule has 4 rings (SSSR count). The van der Waals surface area contributed by atoms with Crippen LogP contribution >= 0.6 is 0 Å². The van der Waals surface area contributed by atoms with Gasteiger partial charge in [0, 0.05) is 31.2 Å². The van der Waals surface area contributed by atoms with Crippen LogP contribution in [-0.4, -0.2) is 47.4 Å². The van der Waals surface area contributed by atoms with Crippen molar-refractivity contribution in [2.45, 2.75) is 64.0 Å². The van der Waals surface area contributed by atoms with Crippen molar-refractivity contribution >= 4 is 36.0 Å². The summed E-state index contributed by atoms with van der Waals surface area (Å²) in [7, 11) is 0. The number of nitrogens with one attached hydrogen (secondary N) is 2. The zero-order valence-electron chi connectivity index (χ0n) is 21.3. The van der Waals surface area contributed by atoms with Crippen LogP contribution in [0.15, 0.2) is 22.1 Å². The van der Waals surface area contributed by atoms with Gasteiger partial charge < -0.3 is 21.1 Å². The number of primary amides is 1. The van der Waals surface area contributed by atoms with Gasteiger partial charge in [0.2, 0.25) is 17.8 Å². The number of aliphatic imine (C=N–C) groups is 2. The number of aromatic nitrogens is 2. The Morgan fingerprint density at radius 3 is 2.55 bits per heavy atom. The van der Waals surface area contributed by atoms with Crippen molar-refractivity contribution in [1.82, 2.24) is 14.9 Å². The number of amides is 1. The standard InChI is InChI=1S/C26H32F2N8O2/c1-15-24(35-25(31-2)33-18-4-3-10-38-11-9-18)36(19-7-5-17(6-8-19)23(30)37)26(32-15)34-22-20(27)12-16(14-29)13-21(22)28/h12-13,17-19H,2-11H2,1H3,(H2,30,37)(H,32,34)(H,33,35)/t17-,18?,19+. The number of halogens is 2. The zero-order valence-corrected chi connectivity index (χ0v) is 21.3. The number of rotatable bonds is 6. The molecule has 10 nitrogen and oxygen atoms in total. The summed E-state index contributed by atoms with van der Waals surface area (Å²) in [5, 5.41) is 15.1. The first-order valence-electron chi connectivity index (χ1n) is 12.7. The lowest BCUT2D eigenvalue weighted by Gasteiger charge is -2.29. The number of anilines is 2. The fourth-order valence-corrected chi connectivity index (χ4v) is 5.04. The van der Waals surface area contributed by atoms with Crippen molar-refractivity contribution in [1.29, 1.82) is 5.26 Å². The van der Waals surface area contributed by atoms with Crippen LogP contribution in [0, 0.1) is 35.8 Å². The van der Waals surface area contributed by atoms with E-state index in [1.807, 2.05) is 0 Å². The molecular weight excluding hydrogens is 494 g/mol. The highest BCUT2D eigenvalue weighted by Crippen LogP contribution is 2.39. The third-order valence-electron chi connectivity index (χ3n) is 7.07. The molecule has 4 N–H and O–H groups in total. The molecule has 0 bridgehead atoms. The second kappa shape index (κ2) is 12.1. The highest BCUT2D eigenvalue weighted by atomic mass is 19.1. The van der Waals surface area contributed by atoms with E-state index >= 15 is 0 Å². The topological polar surface area (TPSA) is 143 Å². The molecule has 1 aliphatic carbocycles. The number of hydrogen-bond acceptors (Lipinski definition) is 6. The minimum atomic E-state index is -0.915. The van der Waals surface area contributed by atoms with E-state index in [2.05, 4.69) is 27.3 Å². The summed E-state index contributed by atoms with van der Waals surface area (Å²) in [6, 6.07) is 3.62. The van der Waals surface area contributed by atoms with Crippen LogP contribution in [0.5, 0.6) is 0 Å². The van der Waals surface area contributed by atoms with Gasteiger partial charge in [-0.15, -0.1) is 0 Å². The molecule has 0 spiro atoms. The summed E-state index contributed by atoms with van der Waals surface area (Å²) in [6.45, 7) is 6.76. The molecule has 1 unspecified atom stereocenters. The van der Waals surface area contributed by atoms with Gasteiger partial charge in [-0.25, -0.2) is 18.8 Å². The minimum absolute atomic E-state index is 0.115. The highest BCUT2D eigenvalue weighted by molar-refractivity contribution is 5.86. The molecule has 2 aliphatic rings. The van der Waals surface area contributed by atoms with Crippen molar-refractivity contribution in [2.75, 3.05) is 18.5 Å². The molecule has 202 valence electrons. The number of nitriles is 1. The number of carbonyl (C=O) groups is 1.